The topological polar surface area (TPSA) is 21.3 Å². The summed E-state index contributed by atoms with van der Waals surface area (Å²) >= 11 is 0. The van der Waals surface area contributed by atoms with E-state index >= 15 is 0 Å². The normalized spacial score (nSPS) is 18.2. The Hall–Kier alpha value is -1.02. The first-order valence-corrected chi connectivity index (χ1v) is 8.20. The first-order valence-electron chi connectivity index (χ1n) is 8.20. The van der Waals surface area contributed by atoms with Crippen LogP contribution in [0.25, 0.3) is 0 Å². The van der Waals surface area contributed by atoms with Crippen molar-refractivity contribution in [3.05, 3.63) is 29.8 Å². The third-order valence-corrected chi connectivity index (χ3v) is 4.16. The highest BCUT2D eigenvalue weighted by atomic mass is 16.5. The molecule has 1 aliphatic carbocycles. The second kappa shape index (κ2) is 7.68. The Bertz CT molecular complexity index is 379. The van der Waals surface area contributed by atoms with Gasteiger partial charge < -0.3 is 10.1 Å². The molecule has 0 heterocycles. The van der Waals surface area contributed by atoms with E-state index in [9.17, 15) is 0 Å². The Balaban J connectivity index is 2.07. The van der Waals surface area contributed by atoms with Gasteiger partial charge in [-0.15, -0.1) is 0 Å². The largest absolute Gasteiger partial charge is 0.491 e. The van der Waals surface area contributed by atoms with Gasteiger partial charge in [0.2, 0.25) is 0 Å². The van der Waals surface area contributed by atoms with Crippen molar-refractivity contribution in [3.8, 4) is 5.75 Å². The minimum atomic E-state index is 0.240. The average Bonchev–Trinajstić information content (AvgIpc) is 2.46. The number of hydrogen-bond donors (Lipinski definition) is 1. The van der Waals surface area contributed by atoms with Gasteiger partial charge in [-0.1, -0.05) is 38.3 Å². The number of rotatable bonds is 6. The first-order chi connectivity index (χ1) is 9.70. The van der Waals surface area contributed by atoms with Crippen molar-refractivity contribution in [1.82, 2.24) is 5.32 Å². The smallest absolute Gasteiger partial charge is 0.119 e. The van der Waals surface area contributed by atoms with E-state index in [4.69, 9.17) is 4.74 Å². The molecule has 2 rings (SSSR count). The van der Waals surface area contributed by atoms with Gasteiger partial charge in [0.1, 0.15) is 5.75 Å². The fourth-order valence-corrected chi connectivity index (χ4v) is 3.27. The Kier molecular flexibility index (Phi) is 5.90. The zero-order chi connectivity index (χ0) is 14.4. The van der Waals surface area contributed by atoms with Crippen LogP contribution in [0, 0.1) is 5.92 Å². The maximum Gasteiger partial charge on any atom is 0.119 e. The van der Waals surface area contributed by atoms with Gasteiger partial charge in [0, 0.05) is 6.04 Å². The molecule has 0 amide bonds. The van der Waals surface area contributed by atoms with Gasteiger partial charge in [-0.05, 0) is 56.8 Å². The predicted molar refractivity (Wildman–Crippen MR) is 85.2 cm³/mol. The molecular weight excluding hydrogens is 246 g/mol. The third kappa shape index (κ3) is 4.24. The van der Waals surface area contributed by atoms with Gasteiger partial charge in [0.05, 0.1) is 6.10 Å². The molecule has 1 aromatic carbocycles. The quantitative estimate of drug-likeness (QED) is 0.812. The minimum Gasteiger partial charge on any atom is -0.491 e. The second-order valence-electron chi connectivity index (χ2n) is 6.17. The average molecular weight is 275 g/mol. The van der Waals surface area contributed by atoms with Crippen molar-refractivity contribution in [2.45, 2.75) is 65.0 Å². The lowest BCUT2D eigenvalue weighted by Gasteiger charge is -2.31. The molecule has 2 nitrogen and oxygen atoms in total. The summed E-state index contributed by atoms with van der Waals surface area (Å²) in [6.45, 7) is 7.37. The van der Waals surface area contributed by atoms with Crippen molar-refractivity contribution in [2.75, 3.05) is 6.54 Å². The van der Waals surface area contributed by atoms with Gasteiger partial charge in [0.15, 0.2) is 0 Å². The summed E-state index contributed by atoms with van der Waals surface area (Å²) in [5.74, 6) is 1.77. The lowest BCUT2D eigenvalue weighted by atomic mass is 9.81. The van der Waals surface area contributed by atoms with E-state index in [1.165, 1.54) is 37.7 Å². The van der Waals surface area contributed by atoms with E-state index < -0.39 is 0 Å². The van der Waals surface area contributed by atoms with Crippen LogP contribution in [0.5, 0.6) is 5.75 Å². The molecule has 1 atom stereocenters. The number of benzene rings is 1. The molecule has 1 unspecified atom stereocenters. The molecule has 0 aromatic heterocycles. The molecule has 1 saturated carbocycles. The van der Waals surface area contributed by atoms with Gasteiger partial charge in [-0.25, -0.2) is 0 Å². The number of ether oxygens (including phenoxy) is 1. The van der Waals surface area contributed by atoms with Crippen LogP contribution in [0.4, 0.5) is 0 Å². The maximum absolute atomic E-state index is 5.73. The van der Waals surface area contributed by atoms with Gasteiger partial charge in [-0.2, -0.15) is 0 Å². The van der Waals surface area contributed by atoms with Crippen molar-refractivity contribution in [2.24, 2.45) is 5.92 Å². The molecule has 1 aliphatic rings. The molecule has 20 heavy (non-hydrogen) atoms. The summed E-state index contributed by atoms with van der Waals surface area (Å²) in [6, 6.07) is 9.21. The highest BCUT2D eigenvalue weighted by Gasteiger charge is 2.24. The lowest BCUT2D eigenvalue weighted by molar-refractivity contribution is 0.242. The molecule has 0 bridgehead atoms. The van der Waals surface area contributed by atoms with Crippen LogP contribution in [0.2, 0.25) is 0 Å². The number of hydrogen-bond acceptors (Lipinski definition) is 2. The summed E-state index contributed by atoms with van der Waals surface area (Å²) in [4.78, 5) is 0. The summed E-state index contributed by atoms with van der Waals surface area (Å²) < 4.78 is 5.73. The molecule has 1 aromatic rings. The van der Waals surface area contributed by atoms with Crippen LogP contribution < -0.4 is 10.1 Å². The molecule has 0 spiro atoms. The maximum atomic E-state index is 5.73. The molecule has 2 heteroatoms. The van der Waals surface area contributed by atoms with E-state index in [-0.39, 0.29) is 6.10 Å². The fourth-order valence-electron chi connectivity index (χ4n) is 3.27. The van der Waals surface area contributed by atoms with Crippen LogP contribution >= 0.6 is 0 Å². The van der Waals surface area contributed by atoms with Crippen molar-refractivity contribution >= 4 is 0 Å². The Morgan fingerprint density at radius 3 is 2.30 bits per heavy atom. The van der Waals surface area contributed by atoms with Crippen molar-refractivity contribution in [3.63, 3.8) is 0 Å². The molecular formula is C18H29NO. The summed E-state index contributed by atoms with van der Waals surface area (Å²) in [7, 11) is 0. The van der Waals surface area contributed by atoms with Crippen LogP contribution in [-0.4, -0.2) is 12.6 Å². The number of nitrogens with one attached hydrogen (secondary N) is 1. The Morgan fingerprint density at radius 1 is 1.10 bits per heavy atom. The van der Waals surface area contributed by atoms with Gasteiger partial charge >= 0.3 is 0 Å². The van der Waals surface area contributed by atoms with E-state index in [1.54, 1.807) is 0 Å². The fraction of sp³-hybridized carbons (Fsp3) is 0.667. The van der Waals surface area contributed by atoms with Gasteiger partial charge in [-0.3, -0.25) is 0 Å². The molecule has 0 aliphatic heterocycles. The Morgan fingerprint density at radius 2 is 1.75 bits per heavy atom. The van der Waals surface area contributed by atoms with Crippen LogP contribution in [0.3, 0.4) is 0 Å². The zero-order valence-corrected chi connectivity index (χ0v) is 13.2. The highest BCUT2D eigenvalue weighted by Crippen LogP contribution is 2.34. The van der Waals surface area contributed by atoms with Crippen LogP contribution in [0.1, 0.15) is 64.5 Å². The van der Waals surface area contributed by atoms with Crippen LogP contribution in [0.15, 0.2) is 24.3 Å². The van der Waals surface area contributed by atoms with E-state index in [0.29, 0.717) is 6.04 Å². The van der Waals surface area contributed by atoms with E-state index in [1.807, 2.05) is 0 Å². The molecule has 0 saturated heterocycles. The minimum absolute atomic E-state index is 0.240. The molecule has 1 N–H and O–H groups in total. The molecule has 112 valence electrons. The highest BCUT2D eigenvalue weighted by molar-refractivity contribution is 5.29. The second-order valence-corrected chi connectivity index (χ2v) is 6.17. The van der Waals surface area contributed by atoms with Crippen molar-refractivity contribution in [1.29, 1.82) is 0 Å². The summed E-state index contributed by atoms with van der Waals surface area (Å²) in [6.07, 6.45) is 7.16. The first kappa shape index (κ1) is 15.4. The van der Waals surface area contributed by atoms with Gasteiger partial charge in [0.25, 0.3) is 0 Å². The van der Waals surface area contributed by atoms with Crippen molar-refractivity contribution < 1.29 is 4.74 Å². The van der Waals surface area contributed by atoms with Crippen LogP contribution in [-0.2, 0) is 0 Å². The summed E-state index contributed by atoms with van der Waals surface area (Å²) in [5, 5.41) is 3.69. The Labute approximate surface area is 123 Å². The summed E-state index contributed by atoms with van der Waals surface area (Å²) in [5.41, 5.74) is 1.41. The SMILES string of the molecule is CCNC(c1ccc(OC(C)C)cc1)C1CCCCC1. The van der Waals surface area contributed by atoms with E-state index in [2.05, 4.69) is 50.4 Å². The third-order valence-electron chi connectivity index (χ3n) is 4.16. The predicted octanol–water partition coefficient (Wildman–Crippen LogP) is 4.70. The standard InChI is InChI=1S/C18H29NO/c1-4-19-18(15-8-6-5-7-9-15)16-10-12-17(13-11-16)20-14(2)3/h10-15,18-19H,4-9H2,1-3H3. The monoisotopic (exact) mass is 275 g/mol. The lowest BCUT2D eigenvalue weighted by Crippen LogP contribution is -2.29. The van der Waals surface area contributed by atoms with E-state index in [0.717, 1.165) is 18.2 Å². The zero-order valence-electron chi connectivity index (χ0n) is 13.2. The molecule has 0 radical (unpaired) electrons. The molecule has 1 fully saturated rings.